The van der Waals surface area contributed by atoms with Crippen molar-refractivity contribution in [1.29, 1.82) is 0 Å². The van der Waals surface area contributed by atoms with Gasteiger partial charge in [0.1, 0.15) is 0 Å². The van der Waals surface area contributed by atoms with E-state index in [1.807, 2.05) is 31.4 Å². The number of benzene rings is 1. The van der Waals surface area contributed by atoms with Crippen molar-refractivity contribution in [1.82, 2.24) is 20.5 Å². The highest BCUT2D eigenvalue weighted by Gasteiger charge is 2.12. The number of hydrogen-bond donors (Lipinski definition) is 4. The molecule has 3 aromatic rings. The van der Waals surface area contributed by atoms with Crippen LogP contribution in [0.5, 0.6) is 0 Å². The lowest BCUT2D eigenvalue weighted by Crippen LogP contribution is -2.34. The first kappa shape index (κ1) is 17.6. The van der Waals surface area contributed by atoms with E-state index in [2.05, 4.69) is 31.1 Å². The average molecular weight is 370 g/mol. The van der Waals surface area contributed by atoms with E-state index in [1.54, 1.807) is 24.3 Å². The number of amides is 3. The number of thiophene rings is 1. The van der Waals surface area contributed by atoms with Crippen LogP contribution in [0.3, 0.4) is 0 Å². The number of urea groups is 1. The molecule has 0 atom stereocenters. The van der Waals surface area contributed by atoms with Crippen molar-refractivity contribution in [3.05, 3.63) is 47.3 Å². The molecule has 0 saturated carbocycles. The van der Waals surface area contributed by atoms with Gasteiger partial charge in [-0.25, -0.2) is 4.79 Å². The maximum Gasteiger partial charge on any atom is 0.319 e. The molecule has 134 valence electrons. The maximum atomic E-state index is 12.4. The summed E-state index contributed by atoms with van der Waals surface area (Å²) in [5.74, 6) is 0.417. The Kier molecular flexibility index (Phi) is 5.28. The minimum absolute atomic E-state index is 0.0183. The summed E-state index contributed by atoms with van der Waals surface area (Å²) in [5, 5.41) is 16.8. The third-order valence-electron chi connectivity index (χ3n) is 3.27. The highest BCUT2D eigenvalue weighted by molar-refractivity contribution is 7.13. The monoisotopic (exact) mass is 370 g/mol. The minimum Gasteiger partial charge on any atom is -0.336 e. The Balaban J connectivity index is 1.66. The van der Waals surface area contributed by atoms with Crippen LogP contribution in [0.1, 0.15) is 24.2 Å². The third kappa shape index (κ3) is 4.45. The van der Waals surface area contributed by atoms with Crippen LogP contribution in [0.25, 0.3) is 10.7 Å². The van der Waals surface area contributed by atoms with Gasteiger partial charge in [-0.3, -0.25) is 15.2 Å². The van der Waals surface area contributed by atoms with Gasteiger partial charge in [0.2, 0.25) is 5.95 Å². The topological polar surface area (TPSA) is 112 Å². The van der Waals surface area contributed by atoms with Crippen LogP contribution in [-0.2, 0) is 0 Å². The second-order valence-electron chi connectivity index (χ2n) is 5.77. The van der Waals surface area contributed by atoms with Gasteiger partial charge >= 0.3 is 6.03 Å². The van der Waals surface area contributed by atoms with E-state index in [-0.39, 0.29) is 23.9 Å². The predicted octanol–water partition coefficient (Wildman–Crippen LogP) is 3.32. The minimum atomic E-state index is -0.366. The molecule has 0 aliphatic rings. The summed E-state index contributed by atoms with van der Waals surface area (Å²) >= 11 is 1.52. The number of H-pyrrole nitrogens is 1. The number of carbonyl (C=O) groups is 2. The van der Waals surface area contributed by atoms with E-state index in [0.717, 1.165) is 4.88 Å². The standard InChI is InChI=1S/C17H18N6O2S/c1-10(2)18-17(25)19-12-6-3-5-11(9-12)15(24)21-16-20-14(22-23-16)13-7-4-8-26-13/h3-10H,1-2H3,(H2,18,19,25)(H2,20,21,22,23,24). The zero-order chi connectivity index (χ0) is 18.5. The first-order valence-corrected chi connectivity index (χ1v) is 8.84. The number of nitrogens with zero attached hydrogens (tertiary/aromatic N) is 2. The van der Waals surface area contributed by atoms with Crippen molar-refractivity contribution in [3.63, 3.8) is 0 Å². The number of aromatic nitrogens is 3. The van der Waals surface area contributed by atoms with E-state index >= 15 is 0 Å². The first-order chi connectivity index (χ1) is 12.5. The van der Waals surface area contributed by atoms with Gasteiger partial charge in [0.05, 0.1) is 4.88 Å². The zero-order valence-corrected chi connectivity index (χ0v) is 15.1. The van der Waals surface area contributed by atoms with Gasteiger partial charge in [0, 0.05) is 17.3 Å². The Bertz CT molecular complexity index is 904. The van der Waals surface area contributed by atoms with Crippen molar-refractivity contribution in [3.8, 4) is 10.7 Å². The SMILES string of the molecule is CC(C)NC(=O)Nc1cccc(C(=O)Nc2n[nH]c(-c3cccs3)n2)c1. The van der Waals surface area contributed by atoms with Gasteiger partial charge in [-0.15, -0.1) is 16.4 Å². The summed E-state index contributed by atoms with van der Waals surface area (Å²) in [6.07, 6.45) is 0. The lowest BCUT2D eigenvalue weighted by atomic mass is 10.2. The van der Waals surface area contributed by atoms with Crippen molar-refractivity contribution >= 4 is 34.9 Å². The Morgan fingerprint density at radius 3 is 2.73 bits per heavy atom. The first-order valence-electron chi connectivity index (χ1n) is 7.96. The quantitative estimate of drug-likeness (QED) is 0.552. The van der Waals surface area contributed by atoms with E-state index in [0.29, 0.717) is 17.1 Å². The normalized spacial score (nSPS) is 10.6. The molecule has 1 aromatic carbocycles. The molecule has 9 heteroatoms. The summed E-state index contributed by atoms with van der Waals surface area (Å²) in [7, 11) is 0. The molecule has 2 aromatic heterocycles. The van der Waals surface area contributed by atoms with Crippen LogP contribution in [0.2, 0.25) is 0 Å². The fourth-order valence-electron chi connectivity index (χ4n) is 2.18. The summed E-state index contributed by atoms with van der Waals surface area (Å²) in [4.78, 5) is 29.3. The second-order valence-corrected chi connectivity index (χ2v) is 6.72. The Morgan fingerprint density at radius 1 is 1.15 bits per heavy atom. The van der Waals surface area contributed by atoms with Crippen LogP contribution in [0.4, 0.5) is 16.4 Å². The number of hydrogen-bond acceptors (Lipinski definition) is 5. The highest BCUT2D eigenvalue weighted by atomic mass is 32.1. The molecule has 3 amide bonds. The summed E-state index contributed by atoms with van der Waals surface area (Å²) in [5.41, 5.74) is 0.903. The van der Waals surface area contributed by atoms with Crippen LogP contribution in [-0.4, -0.2) is 33.2 Å². The van der Waals surface area contributed by atoms with Gasteiger partial charge < -0.3 is 10.6 Å². The molecule has 26 heavy (non-hydrogen) atoms. The van der Waals surface area contributed by atoms with Crippen molar-refractivity contribution in [2.45, 2.75) is 19.9 Å². The molecule has 0 saturated heterocycles. The maximum absolute atomic E-state index is 12.4. The summed E-state index contributed by atoms with van der Waals surface area (Å²) in [6.45, 7) is 3.73. The van der Waals surface area contributed by atoms with Gasteiger partial charge in [-0.05, 0) is 43.5 Å². The van der Waals surface area contributed by atoms with E-state index in [9.17, 15) is 9.59 Å². The molecule has 0 bridgehead atoms. The van der Waals surface area contributed by atoms with Gasteiger partial charge in [0.25, 0.3) is 5.91 Å². The molecule has 0 radical (unpaired) electrons. The largest absolute Gasteiger partial charge is 0.336 e. The van der Waals surface area contributed by atoms with Crippen molar-refractivity contribution < 1.29 is 9.59 Å². The molecule has 8 nitrogen and oxygen atoms in total. The molecule has 2 heterocycles. The molecule has 4 N–H and O–H groups in total. The molecular formula is C17H18N6O2S. The average Bonchev–Trinajstić information content (AvgIpc) is 3.25. The number of nitrogens with one attached hydrogen (secondary N) is 4. The number of carbonyl (C=O) groups excluding carboxylic acids is 2. The van der Waals surface area contributed by atoms with Crippen molar-refractivity contribution in [2.24, 2.45) is 0 Å². The number of aromatic amines is 1. The smallest absolute Gasteiger partial charge is 0.319 e. The summed E-state index contributed by atoms with van der Waals surface area (Å²) in [6, 6.07) is 10.1. The molecule has 0 aliphatic heterocycles. The molecule has 0 spiro atoms. The molecule has 0 fully saturated rings. The van der Waals surface area contributed by atoms with Crippen molar-refractivity contribution in [2.75, 3.05) is 10.6 Å². The number of anilines is 2. The Labute approximate surface area is 154 Å². The molecular weight excluding hydrogens is 352 g/mol. The lowest BCUT2D eigenvalue weighted by Gasteiger charge is -2.10. The van der Waals surface area contributed by atoms with E-state index < -0.39 is 0 Å². The molecule has 0 aliphatic carbocycles. The zero-order valence-electron chi connectivity index (χ0n) is 14.2. The predicted molar refractivity (Wildman–Crippen MR) is 101 cm³/mol. The number of rotatable bonds is 5. The Hall–Kier alpha value is -3.20. The van der Waals surface area contributed by atoms with E-state index in [4.69, 9.17) is 0 Å². The van der Waals surface area contributed by atoms with Gasteiger partial charge in [0.15, 0.2) is 5.82 Å². The Morgan fingerprint density at radius 2 is 2.00 bits per heavy atom. The van der Waals surface area contributed by atoms with Crippen LogP contribution < -0.4 is 16.0 Å². The van der Waals surface area contributed by atoms with Crippen LogP contribution in [0, 0.1) is 0 Å². The summed E-state index contributed by atoms with van der Waals surface area (Å²) < 4.78 is 0. The van der Waals surface area contributed by atoms with Crippen LogP contribution in [0.15, 0.2) is 41.8 Å². The lowest BCUT2D eigenvalue weighted by molar-refractivity contribution is 0.102. The van der Waals surface area contributed by atoms with Gasteiger partial charge in [-0.1, -0.05) is 12.1 Å². The fraction of sp³-hybridized carbons (Fsp3) is 0.176. The van der Waals surface area contributed by atoms with Gasteiger partial charge in [-0.2, -0.15) is 4.98 Å². The third-order valence-corrected chi connectivity index (χ3v) is 4.14. The highest BCUT2D eigenvalue weighted by Crippen LogP contribution is 2.21. The molecule has 0 unspecified atom stereocenters. The van der Waals surface area contributed by atoms with Crippen LogP contribution >= 0.6 is 11.3 Å². The second kappa shape index (κ2) is 7.79. The molecule has 3 rings (SSSR count). The fourth-order valence-corrected chi connectivity index (χ4v) is 2.85. The van der Waals surface area contributed by atoms with E-state index in [1.165, 1.54) is 11.3 Å².